The zero-order valence-electron chi connectivity index (χ0n) is 12.0. The van der Waals surface area contributed by atoms with Crippen LogP contribution in [0.2, 0.25) is 0 Å². The van der Waals surface area contributed by atoms with E-state index in [4.69, 9.17) is 16.3 Å². The zero-order chi connectivity index (χ0) is 14.8. The van der Waals surface area contributed by atoms with Gasteiger partial charge in [0, 0.05) is 6.04 Å². The van der Waals surface area contributed by atoms with Crippen molar-refractivity contribution in [2.45, 2.75) is 25.3 Å². The third-order valence-corrected chi connectivity index (χ3v) is 4.62. The van der Waals surface area contributed by atoms with Gasteiger partial charge in [-0.05, 0) is 47.9 Å². The number of fused-ring (bicyclic) bond motifs is 1. The molecule has 21 heavy (non-hydrogen) atoms. The number of hydrogen-bond donors (Lipinski definition) is 0. The third kappa shape index (κ3) is 2.65. The molecule has 0 aliphatic heterocycles. The molecule has 0 saturated carbocycles. The van der Waals surface area contributed by atoms with E-state index in [-0.39, 0.29) is 0 Å². The molecule has 0 radical (unpaired) electrons. The summed E-state index contributed by atoms with van der Waals surface area (Å²) in [5.41, 5.74) is 3.30. The third-order valence-electron chi connectivity index (χ3n) is 3.65. The summed E-state index contributed by atoms with van der Waals surface area (Å²) >= 11 is 7.83. The van der Waals surface area contributed by atoms with Gasteiger partial charge >= 0.3 is 0 Å². The van der Waals surface area contributed by atoms with Gasteiger partial charge in [-0.15, -0.1) is 11.6 Å². The first kappa shape index (κ1) is 14.4. The van der Waals surface area contributed by atoms with Crippen LogP contribution in [-0.2, 0) is 12.3 Å². The molecule has 2 aromatic heterocycles. The Hall–Kier alpha value is -1.52. The lowest BCUT2D eigenvalue weighted by Gasteiger charge is -2.16. The van der Waals surface area contributed by atoms with E-state index >= 15 is 0 Å². The van der Waals surface area contributed by atoms with Gasteiger partial charge in [-0.2, -0.15) is 11.3 Å². The molecular formula is C16H17ClN2OS. The van der Waals surface area contributed by atoms with Crippen molar-refractivity contribution in [3.63, 3.8) is 0 Å². The SMILES string of the molecule is COc1cccc2c1nc(CCl)n2C(C)Cc1ccsc1. The summed E-state index contributed by atoms with van der Waals surface area (Å²) in [4.78, 5) is 4.66. The van der Waals surface area contributed by atoms with E-state index in [9.17, 15) is 0 Å². The second-order valence-electron chi connectivity index (χ2n) is 5.04. The van der Waals surface area contributed by atoms with Crippen LogP contribution in [0.3, 0.4) is 0 Å². The fourth-order valence-corrected chi connectivity index (χ4v) is 3.60. The van der Waals surface area contributed by atoms with Crippen LogP contribution in [0.25, 0.3) is 11.0 Å². The molecule has 0 saturated heterocycles. The summed E-state index contributed by atoms with van der Waals surface area (Å²) in [6.45, 7) is 2.20. The van der Waals surface area contributed by atoms with E-state index in [0.717, 1.165) is 29.0 Å². The zero-order valence-corrected chi connectivity index (χ0v) is 13.6. The number of methoxy groups -OCH3 is 1. The lowest BCUT2D eigenvalue weighted by atomic mass is 10.1. The number of imidazole rings is 1. The number of alkyl halides is 1. The van der Waals surface area contributed by atoms with Crippen molar-refractivity contribution in [1.82, 2.24) is 9.55 Å². The highest BCUT2D eigenvalue weighted by Gasteiger charge is 2.18. The number of aromatic nitrogens is 2. The van der Waals surface area contributed by atoms with E-state index < -0.39 is 0 Å². The molecule has 0 bridgehead atoms. The molecule has 2 heterocycles. The van der Waals surface area contributed by atoms with Gasteiger partial charge in [-0.3, -0.25) is 0 Å². The van der Waals surface area contributed by atoms with Crippen molar-refractivity contribution >= 4 is 34.0 Å². The van der Waals surface area contributed by atoms with Gasteiger partial charge in [0.1, 0.15) is 17.1 Å². The summed E-state index contributed by atoms with van der Waals surface area (Å²) < 4.78 is 7.63. The van der Waals surface area contributed by atoms with E-state index in [1.807, 2.05) is 12.1 Å². The number of thiophene rings is 1. The van der Waals surface area contributed by atoms with Crippen molar-refractivity contribution < 1.29 is 4.74 Å². The highest BCUT2D eigenvalue weighted by atomic mass is 35.5. The van der Waals surface area contributed by atoms with E-state index in [0.29, 0.717) is 11.9 Å². The van der Waals surface area contributed by atoms with E-state index in [2.05, 4.69) is 39.4 Å². The molecule has 1 unspecified atom stereocenters. The van der Waals surface area contributed by atoms with Crippen LogP contribution < -0.4 is 4.74 Å². The predicted octanol–water partition coefficient (Wildman–Crippen LogP) is 4.65. The molecule has 0 amide bonds. The maximum absolute atomic E-state index is 6.10. The van der Waals surface area contributed by atoms with Crippen LogP contribution in [0.4, 0.5) is 0 Å². The highest BCUT2D eigenvalue weighted by Crippen LogP contribution is 2.30. The molecule has 5 heteroatoms. The smallest absolute Gasteiger partial charge is 0.146 e. The lowest BCUT2D eigenvalue weighted by molar-refractivity contribution is 0.419. The van der Waals surface area contributed by atoms with Gasteiger partial charge in [0.25, 0.3) is 0 Å². The van der Waals surface area contributed by atoms with Gasteiger partial charge < -0.3 is 9.30 Å². The van der Waals surface area contributed by atoms with Crippen molar-refractivity contribution in [3.05, 3.63) is 46.4 Å². The van der Waals surface area contributed by atoms with Crippen molar-refractivity contribution in [1.29, 1.82) is 0 Å². The molecule has 0 aliphatic carbocycles. The number of nitrogens with zero attached hydrogens (tertiary/aromatic N) is 2. The molecular weight excluding hydrogens is 304 g/mol. The first-order chi connectivity index (χ1) is 10.2. The minimum atomic E-state index is 0.297. The van der Waals surface area contributed by atoms with Crippen LogP contribution in [-0.4, -0.2) is 16.7 Å². The Morgan fingerprint density at radius 3 is 2.90 bits per heavy atom. The Bertz CT molecular complexity index is 736. The average Bonchev–Trinajstić information content (AvgIpc) is 3.12. The summed E-state index contributed by atoms with van der Waals surface area (Å²) in [6.07, 6.45) is 0.968. The van der Waals surface area contributed by atoms with Gasteiger partial charge in [-0.1, -0.05) is 6.07 Å². The fraction of sp³-hybridized carbons (Fsp3) is 0.312. The molecule has 0 aliphatic rings. The van der Waals surface area contributed by atoms with Crippen molar-refractivity contribution in [2.75, 3.05) is 7.11 Å². The molecule has 0 fully saturated rings. The summed E-state index contributed by atoms with van der Waals surface area (Å²) in [5, 5.41) is 4.30. The Labute approximate surface area is 133 Å². The predicted molar refractivity (Wildman–Crippen MR) is 88.6 cm³/mol. The van der Waals surface area contributed by atoms with Crippen LogP contribution >= 0.6 is 22.9 Å². The van der Waals surface area contributed by atoms with E-state index in [1.54, 1.807) is 18.4 Å². The normalized spacial score (nSPS) is 12.7. The largest absolute Gasteiger partial charge is 0.494 e. The maximum atomic E-state index is 6.10. The van der Waals surface area contributed by atoms with E-state index in [1.165, 1.54) is 5.56 Å². The summed E-state index contributed by atoms with van der Waals surface area (Å²) in [6, 6.07) is 8.47. The summed E-state index contributed by atoms with van der Waals surface area (Å²) in [5.74, 6) is 2.07. The lowest BCUT2D eigenvalue weighted by Crippen LogP contribution is -2.10. The molecule has 110 valence electrons. The monoisotopic (exact) mass is 320 g/mol. The minimum Gasteiger partial charge on any atom is -0.494 e. The van der Waals surface area contributed by atoms with Crippen LogP contribution in [0.5, 0.6) is 5.75 Å². The number of para-hydroxylation sites is 1. The molecule has 3 aromatic rings. The molecule has 0 N–H and O–H groups in total. The van der Waals surface area contributed by atoms with Crippen LogP contribution in [0.15, 0.2) is 35.0 Å². The Kier molecular flexibility index (Phi) is 4.17. The number of benzene rings is 1. The van der Waals surface area contributed by atoms with Gasteiger partial charge in [0.15, 0.2) is 0 Å². The molecule has 0 spiro atoms. The number of hydrogen-bond acceptors (Lipinski definition) is 3. The Morgan fingerprint density at radius 2 is 2.24 bits per heavy atom. The highest BCUT2D eigenvalue weighted by molar-refractivity contribution is 7.07. The second-order valence-corrected chi connectivity index (χ2v) is 6.09. The second kappa shape index (κ2) is 6.08. The first-order valence-electron chi connectivity index (χ1n) is 6.85. The standard InChI is InChI=1S/C16H17ClN2OS/c1-11(8-12-6-7-21-10-12)19-13-4-3-5-14(20-2)16(13)18-15(19)9-17/h3-7,10-11H,8-9H2,1-2H3. The molecule has 1 atom stereocenters. The maximum Gasteiger partial charge on any atom is 0.146 e. The molecule has 3 rings (SSSR count). The van der Waals surface area contributed by atoms with Crippen LogP contribution in [0, 0.1) is 0 Å². The first-order valence-corrected chi connectivity index (χ1v) is 8.33. The van der Waals surface area contributed by atoms with Crippen LogP contribution in [0.1, 0.15) is 24.4 Å². The van der Waals surface area contributed by atoms with Crippen molar-refractivity contribution in [3.8, 4) is 5.75 Å². The molecule has 3 nitrogen and oxygen atoms in total. The van der Waals surface area contributed by atoms with Gasteiger partial charge in [-0.25, -0.2) is 4.98 Å². The number of ether oxygens (including phenoxy) is 1. The topological polar surface area (TPSA) is 27.1 Å². The quantitative estimate of drug-likeness (QED) is 0.640. The van der Waals surface area contributed by atoms with Crippen molar-refractivity contribution in [2.24, 2.45) is 0 Å². The Morgan fingerprint density at radius 1 is 1.38 bits per heavy atom. The van der Waals surface area contributed by atoms with Gasteiger partial charge in [0.05, 0.1) is 18.5 Å². The number of halogens is 1. The fourth-order valence-electron chi connectivity index (χ4n) is 2.73. The minimum absolute atomic E-state index is 0.297. The average molecular weight is 321 g/mol. The number of rotatable bonds is 5. The molecule has 1 aromatic carbocycles. The Balaban J connectivity index is 2.07. The van der Waals surface area contributed by atoms with Gasteiger partial charge in [0.2, 0.25) is 0 Å². The summed E-state index contributed by atoms with van der Waals surface area (Å²) in [7, 11) is 1.67.